The number of carbonyl (C=O) groups excluding carboxylic acids is 2. The molecule has 1 amide bonds. The molecule has 29 heavy (non-hydrogen) atoms. The zero-order valence-corrected chi connectivity index (χ0v) is 16.8. The number of benzene rings is 3. The van der Waals surface area contributed by atoms with Gasteiger partial charge in [-0.3, -0.25) is 14.3 Å². The highest BCUT2D eigenvalue weighted by atomic mass is 32.2. The molecule has 3 aromatic rings. The Balaban J connectivity index is 1.79. The Labute approximate surface area is 169 Å². The second kappa shape index (κ2) is 8.28. The lowest BCUT2D eigenvalue weighted by molar-refractivity contribution is -0.112. The predicted molar refractivity (Wildman–Crippen MR) is 113 cm³/mol. The molecule has 2 N–H and O–H groups in total. The molecule has 0 saturated carbocycles. The Morgan fingerprint density at radius 3 is 2.14 bits per heavy atom. The molecule has 0 spiro atoms. The van der Waals surface area contributed by atoms with Gasteiger partial charge in [0.2, 0.25) is 0 Å². The number of nitrogens with one attached hydrogen (secondary N) is 2. The fourth-order valence-electron chi connectivity index (χ4n) is 2.64. The van der Waals surface area contributed by atoms with Crippen LogP contribution in [-0.2, 0) is 14.8 Å². The van der Waals surface area contributed by atoms with Crippen molar-refractivity contribution in [2.24, 2.45) is 0 Å². The lowest BCUT2D eigenvalue weighted by Gasteiger charge is -2.13. The van der Waals surface area contributed by atoms with Crippen LogP contribution in [0.3, 0.4) is 0 Å². The zero-order chi connectivity index (χ0) is 21.0. The maximum absolute atomic E-state index is 12.6. The third-order valence-corrected chi connectivity index (χ3v) is 5.69. The van der Waals surface area contributed by atoms with Crippen molar-refractivity contribution in [3.8, 4) is 0 Å². The van der Waals surface area contributed by atoms with Gasteiger partial charge in [0, 0.05) is 11.3 Å². The molecule has 3 aromatic carbocycles. The standard InChI is InChI=1S/C22H20N2O4S/c1-15-8-11-17(12-9-15)21(25)22(26)23-18-13-10-16(2)20(14-18)24-29(27,28)19-6-4-3-5-7-19/h3-14,24H,1-2H3,(H,23,26). The number of carbonyl (C=O) groups is 2. The van der Waals surface area contributed by atoms with E-state index in [-0.39, 0.29) is 10.5 Å². The van der Waals surface area contributed by atoms with Gasteiger partial charge in [0.25, 0.3) is 21.7 Å². The molecular formula is C22H20N2O4S. The molecule has 6 nitrogen and oxygen atoms in total. The van der Waals surface area contributed by atoms with Gasteiger partial charge in [-0.25, -0.2) is 8.42 Å². The number of rotatable bonds is 6. The molecule has 0 aliphatic heterocycles. The van der Waals surface area contributed by atoms with E-state index in [2.05, 4.69) is 10.0 Å². The van der Waals surface area contributed by atoms with Crippen LogP contribution in [0.1, 0.15) is 21.5 Å². The van der Waals surface area contributed by atoms with Crippen LogP contribution in [0.25, 0.3) is 0 Å². The number of sulfonamides is 1. The molecule has 0 aliphatic carbocycles. The topological polar surface area (TPSA) is 92.3 Å². The van der Waals surface area contributed by atoms with Gasteiger partial charge in [-0.2, -0.15) is 0 Å². The zero-order valence-electron chi connectivity index (χ0n) is 16.0. The number of anilines is 2. The highest BCUT2D eigenvalue weighted by Crippen LogP contribution is 2.23. The van der Waals surface area contributed by atoms with Crippen molar-refractivity contribution in [3.05, 3.63) is 89.5 Å². The lowest BCUT2D eigenvalue weighted by atomic mass is 10.1. The summed E-state index contributed by atoms with van der Waals surface area (Å²) in [5, 5.41) is 2.52. The minimum absolute atomic E-state index is 0.128. The predicted octanol–water partition coefficient (Wildman–Crippen LogP) is 3.93. The molecule has 7 heteroatoms. The van der Waals surface area contributed by atoms with Gasteiger partial charge in [-0.1, -0.05) is 54.1 Å². The van der Waals surface area contributed by atoms with Crippen molar-refractivity contribution in [2.45, 2.75) is 18.7 Å². The lowest BCUT2D eigenvalue weighted by Crippen LogP contribution is -2.23. The molecule has 0 radical (unpaired) electrons. The first-order valence-corrected chi connectivity index (χ1v) is 10.4. The molecule has 0 heterocycles. The highest BCUT2D eigenvalue weighted by molar-refractivity contribution is 7.92. The smallest absolute Gasteiger partial charge is 0.296 e. The van der Waals surface area contributed by atoms with Crippen molar-refractivity contribution in [1.82, 2.24) is 0 Å². The summed E-state index contributed by atoms with van der Waals surface area (Å²) in [4.78, 5) is 24.7. The van der Waals surface area contributed by atoms with Gasteiger partial charge >= 0.3 is 0 Å². The summed E-state index contributed by atoms with van der Waals surface area (Å²) in [6, 6.07) is 19.4. The van der Waals surface area contributed by atoms with Crippen LogP contribution in [0.2, 0.25) is 0 Å². The summed E-state index contributed by atoms with van der Waals surface area (Å²) < 4.78 is 27.6. The van der Waals surface area contributed by atoms with Crippen molar-refractivity contribution >= 4 is 33.1 Å². The molecule has 0 fully saturated rings. The number of hydrogen-bond acceptors (Lipinski definition) is 4. The Hall–Kier alpha value is -3.45. The van der Waals surface area contributed by atoms with Gasteiger partial charge < -0.3 is 5.32 Å². The normalized spacial score (nSPS) is 11.0. The summed E-state index contributed by atoms with van der Waals surface area (Å²) in [5.74, 6) is -1.47. The first kappa shape index (κ1) is 20.3. The van der Waals surface area contributed by atoms with Crippen LogP contribution >= 0.6 is 0 Å². The number of amides is 1. The Morgan fingerprint density at radius 1 is 0.828 bits per heavy atom. The van der Waals surface area contributed by atoms with Crippen LogP contribution in [0.15, 0.2) is 77.7 Å². The number of Topliss-reactive ketones (excluding diaryl/α,β-unsaturated/α-hetero) is 1. The molecule has 0 atom stereocenters. The first-order chi connectivity index (χ1) is 13.8. The van der Waals surface area contributed by atoms with E-state index in [0.717, 1.165) is 5.56 Å². The third-order valence-electron chi connectivity index (χ3n) is 4.31. The van der Waals surface area contributed by atoms with Crippen molar-refractivity contribution in [2.75, 3.05) is 10.0 Å². The van der Waals surface area contributed by atoms with Crippen LogP contribution in [0.5, 0.6) is 0 Å². The largest absolute Gasteiger partial charge is 0.319 e. The quantitative estimate of drug-likeness (QED) is 0.478. The summed E-state index contributed by atoms with van der Waals surface area (Å²) in [6.07, 6.45) is 0. The summed E-state index contributed by atoms with van der Waals surface area (Å²) in [7, 11) is -3.77. The van der Waals surface area contributed by atoms with Gasteiger partial charge in [-0.05, 0) is 43.7 Å². The first-order valence-electron chi connectivity index (χ1n) is 8.87. The van der Waals surface area contributed by atoms with E-state index in [9.17, 15) is 18.0 Å². The van der Waals surface area contributed by atoms with Crippen molar-refractivity contribution in [1.29, 1.82) is 0 Å². The van der Waals surface area contributed by atoms with E-state index in [1.54, 1.807) is 61.5 Å². The highest BCUT2D eigenvalue weighted by Gasteiger charge is 2.18. The second-order valence-corrected chi connectivity index (χ2v) is 8.28. The summed E-state index contributed by atoms with van der Waals surface area (Å²) >= 11 is 0. The molecular weight excluding hydrogens is 388 g/mol. The van der Waals surface area contributed by atoms with E-state index < -0.39 is 21.7 Å². The van der Waals surface area contributed by atoms with Crippen LogP contribution in [0, 0.1) is 13.8 Å². The number of hydrogen-bond donors (Lipinski definition) is 2. The Bertz CT molecular complexity index is 1160. The van der Waals surface area contributed by atoms with E-state index in [0.29, 0.717) is 16.9 Å². The summed E-state index contributed by atoms with van der Waals surface area (Å²) in [5.41, 5.74) is 2.56. The molecule has 0 aromatic heterocycles. The second-order valence-electron chi connectivity index (χ2n) is 6.60. The SMILES string of the molecule is Cc1ccc(C(=O)C(=O)Nc2ccc(C)c(NS(=O)(=O)c3ccccc3)c2)cc1. The maximum atomic E-state index is 12.6. The van der Waals surface area contributed by atoms with E-state index >= 15 is 0 Å². The molecule has 0 unspecified atom stereocenters. The maximum Gasteiger partial charge on any atom is 0.296 e. The fraction of sp³-hybridized carbons (Fsp3) is 0.0909. The third kappa shape index (κ3) is 4.89. The van der Waals surface area contributed by atoms with E-state index in [4.69, 9.17) is 0 Å². The minimum Gasteiger partial charge on any atom is -0.319 e. The monoisotopic (exact) mass is 408 g/mol. The van der Waals surface area contributed by atoms with Crippen LogP contribution < -0.4 is 10.0 Å². The number of ketones is 1. The van der Waals surface area contributed by atoms with Crippen LogP contribution in [-0.4, -0.2) is 20.1 Å². The van der Waals surface area contributed by atoms with E-state index in [1.807, 2.05) is 6.92 Å². The van der Waals surface area contributed by atoms with Gasteiger partial charge in [-0.15, -0.1) is 0 Å². The summed E-state index contributed by atoms with van der Waals surface area (Å²) in [6.45, 7) is 3.63. The molecule has 0 aliphatic rings. The van der Waals surface area contributed by atoms with Crippen LogP contribution in [0.4, 0.5) is 11.4 Å². The van der Waals surface area contributed by atoms with E-state index in [1.165, 1.54) is 18.2 Å². The van der Waals surface area contributed by atoms with Crippen molar-refractivity contribution < 1.29 is 18.0 Å². The van der Waals surface area contributed by atoms with Gasteiger partial charge in [0.1, 0.15) is 0 Å². The average Bonchev–Trinajstić information content (AvgIpc) is 2.71. The Morgan fingerprint density at radius 2 is 1.48 bits per heavy atom. The molecule has 0 bridgehead atoms. The fourth-order valence-corrected chi connectivity index (χ4v) is 3.78. The molecule has 3 rings (SSSR count). The van der Waals surface area contributed by atoms with Gasteiger partial charge in [0.15, 0.2) is 0 Å². The van der Waals surface area contributed by atoms with Crippen molar-refractivity contribution in [3.63, 3.8) is 0 Å². The molecule has 0 saturated heterocycles. The minimum atomic E-state index is -3.77. The van der Waals surface area contributed by atoms with Gasteiger partial charge in [0.05, 0.1) is 10.6 Å². The Kier molecular flexibility index (Phi) is 5.79. The molecule has 148 valence electrons. The number of aryl methyl sites for hydroxylation is 2. The average molecular weight is 408 g/mol.